The zero-order chi connectivity index (χ0) is 14.0. The molecule has 1 saturated heterocycles. The van der Waals surface area contributed by atoms with Crippen molar-refractivity contribution in [3.63, 3.8) is 0 Å². The summed E-state index contributed by atoms with van der Waals surface area (Å²) in [6, 6.07) is 7.10. The summed E-state index contributed by atoms with van der Waals surface area (Å²) in [6.07, 6.45) is 0. The number of piperazine rings is 1. The molecule has 2 amide bonds. The number of nitrogens with two attached hydrogens (primary N) is 1. The second-order valence-electron chi connectivity index (χ2n) is 5.34. The van der Waals surface area contributed by atoms with Crippen LogP contribution < -0.4 is 11.1 Å². The highest BCUT2D eigenvalue weighted by molar-refractivity contribution is 5.93. The van der Waals surface area contributed by atoms with Crippen molar-refractivity contribution < 1.29 is 9.59 Å². The highest BCUT2D eigenvalue weighted by Crippen LogP contribution is 2.16. The van der Waals surface area contributed by atoms with E-state index in [0.29, 0.717) is 18.7 Å². The van der Waals surface area contributed by atoms with Crippen molar-refractivity contribution in [2.24, 2.45) is 5.73 Å². The van der Waals surface area contributed by atoms with E-state index in [-0.39, 0.29) is 5.91 Å². The molecule has 5 nitrogen and oxygen atoms in total. The van der Waals surface area contributed by atoms with Crippen molar-refractivity contribution in [2.45, 2.75) is 25.9 Å². The number of nitrogens with one attached hydrogen (secondary N) is 1. The second-order valence-corrected chi connectivity index (χ2v) is 5.34. The molecule has 3 N–H and O–H groups in total. The Hall–Kier alpha value is -1.88. The van der Waals surface area contributed by atoms with Crippen LogP contribution in [0.1, 0.15) is 29.8 Å². The van der Waals surface area contributed by atoms with Crippen molar-refractivity contribution in [1.29, 1.82) is 0 Å². The maximum Gasteiger partial charge on any atom is 0.248 e. The summed E-state index contributed by atoms with van der Waals surface area (Å²) in [5.41, 5.74) is 6.12. The van der Waals surface area contributed by atoms with Crippen LogP contribution >= 0.6 is 0 Å². The molecular weight excluding hydrogens is 242 g/mol. The normalized spacial score (nSPS) is 18.4. The van der Waals surface area contributed by atoms with Gasteiger partial charge in [0, 0.05) is 25.2 Å². The van der Waals surface area contributed by atoms with Crippen LogP contribution in [0.2, 0.25) is 0 Å². The van der Waals surface area contributed by atoms with E-state index in [0.717, 1.165) is 12.1 Å². The molecule has 1 heterocycles. The fraction of sp³-hybridized carbons (Fsp3) is 0.429. The van der Waals surface area contributed by atoms with Crippen molar-refractivity contribution >= 4 is 11.8 Å². The summed E-state index contributed by atoms with van der Waals surface area (Å²) in [7, 11) is 0. The fourth-order valence-corrected chi connectivity index (χ4v) is 2.27. The number of amides is 2. The van der Waals surface area contributed by atoms with Gasteiger partial charge in [-0.1, -0.05) is 12.1 Å². The predicted molar refractivity (Wildman–Crippen MR) is 72.5 cm³/mol. The van der Waals surface area contributed by atoms with E-state index in [9.17, 15) is 9.59 Å². The van der Waals surface area contributed by atoms with E-state index in [1.165, 1.54) is 0 Å². The summed E-state index contributed by atoms with van der Waals surface area (Å²) in [5, 5.41) is 3.19. The van der Waals surface area contributed by atoms with Crippen LogP contribution in [0, 0.1) is 0 Å². The molecule has 0 aliphatic carbocycles. The summed E-state index contributed by atoms with van der Waals surface area (Å²) in [5.74, 6) is -0.378. The van der Waals surface area contributed by atoms with Crippen LogP contribution in [0.4, 0.5) is 0 Å². The molecule has 0 unspecified atom stereocenters. The van der Waals surface area contributed by atoms with Gasteiger partial charge in [0.25, 0.3) is 0 Å². The highest BCUT2D eigenvalue weighted by Gasteiger charge is 2.34. The van der Waals surface area contributed by atoms with Crippen LogP contribution in [0.5, 0.6) is 0 Å². The van der Waals surface area contributed by atoms with Crippen LogP contribution in [-0.4, -0.2) is 35.3 Å². The number of carbonyl (C=O) groups is 2. The third-order valence-corrected chi connectivity index (χ3v) is 3.36. The van der Waals surface area contributed by atoms with Crippen molar-refractivity contribution in [1.82, 2.24) is 10.2 Å². The van der Waals surface area contributed by atoms with Gasteiger partial charge >= 0.3 is 0 Å². The van der Waals surface area contributed by atoms with Crippen molar-refractivity contribution in [3.8, 4) is 0 Å². The van der Waals surface area contributed by atoms with Gasteiger partial charge in [-0.15, -0.1) is 0 Å². The van der Waals surface area contributed by atoms with Gasteiger partial charge in [-0.25, -0.2) is 0 Å². The van der Waals surface area contributed by atoms with Crippen molar-refractivity contribution in [2.75, 3.05) is 13.1 Å². The Bertz CT molecular complexity index is 511. The number of hydrogen-bond donors (Lipinski definition) is 2. The Morgan fingerprint density at radius 1 is 1.47 bits per heavy atom. The summed E-state index contributed by atoms with van der Waals surface area (Å²) >= 11 is 0. The SMILES string of the molecule is CC1(C)NCCN(Cc2cccc(C(N)=O)c2)C1=O. The average molecular weight is 261 g/mol. The number of carbonyl (C=O) groups excluding carboxylic acids is 2. The average Bonchev–Trinajstić information content (AvgIpc) is 2.35. The van der Waals surface area contributed by atoms with Gasteiger partial charge in [0.05, 0.1) is 5.54 Å². The van der Waals surface area contributed by atoms with Gasteiger partial charge in [-0.2, -0.15) is 0 Å². The molecule has 1 aromatic carbocycles. The van der Waals surface area contributed by atoms with Gasteiger partial charge < -0.3 is 16.0 Å². The minimum absolute atomic E-state index is 0.0724. The summed E-state index contributed by atoms with van der Waals surface area (Å²) in [6.45, 7) is 5.70. The monoisotopic (exact) mass is 261 g/mol. The molecule has 0 atom stereocenters. The largest absolute Gasteiger partial charge is 0.366 e. The molecule has 1 aliphatic rings. The van der Waals surface area contributed by atoms with Crippen molar-refractivity contribution in [3.05, 3.63) is 35.4 Å². The van der Waals surface area contributed by atoms with E-state index >= 15 is 0 Å². The minimum atomic E-state index is -0.528. The standard InChI is InChI=1S/C14H19N3O2/c1-14(2)13(19)17(7-6-16-14)9-10-4-3-5-11(8-10)12(15)18/h3-5,8,16H,6-7,9H2,1-2H3,(H2,15,18). The first-order chi connectivity index (χ1) is 8.90. The maximum atomic E-state index is 12.2. The molecule has 1 fully saturated rings. The van der Waals surface area contributed by atoms with Gasteiger partial charge in [-0.3, -0.25) is 9.59 Å². The highest BCUT2D eigenvalue weighted by atomic mass is 16.2. The molecule has 5 heteroatoms. The Morgan fingerprint density at radius 3 is 2.89 bits per heavy atom. The van der Waals surface area contributed by atoms with Gasteiger partial charge in [0.1, 0.15) is 0 Å². The van der Waals surface area contributed by atoms with E-state index in [1.54, 1.807) is 23.1 Å². The van der Waals surface area contributed by atoms with E-state index < -0.39 is 11.4 Å². The minimum Gasteiger partial charge on any atom is -0.366 e. The maximum absolute atomic E-state index is 12.2. The number of primary amides is 1. The molecule has 0 radical (unpaired) electrons. The summed E-state index contributed by atoms with van der Waals surface area (Å²) in [4.78, 5) is 25.2. The number of benzene rings is 1. The Kier molecular flexibility index (Phi) is 3.57. The van der Waals surface area contributed by atoms with E-state index in [2.05, 4.69) is 5.32 Å². The topological polar surface area (TPSA) is 75.4 Å². The molecule has 0 spiro atoms. The Morgan fingerprint density at radius 2 is 2.21 bits per heavy atom. The fourth-order valence-electron chi connectivity index (χ4n) is 2.27. The number of hydrogen-bond acceptors (Lipinski definition) is 3. The van der Waals surface area contributed by atoms with Crippen LogP contribution in [0.15, 0.2) is 24.3 Å². The lowest BCUT2D eigenvalue weighted by molar-refractivity contribution is -0.140. The Balaban J connectivity index is 2.15. The third-order valence-electron chi connectivity index (χ3n) is 3.36. The Labute approximate surface area is 112 Å². The molecule has 1 aliphatic heterocycles. The smallest absolute Gasteiger partial charge is 0.248 e. The quantitative estimate of drug-likeness (QED) is 0.831. The lowest BCUT2D eigenvalue weighted by Gasteiger charge is -2.38. The van der Waals surface area contributed by atoms with Crippen LogP contribution in [0.25, 0.3) is 0 Å². The predicted octanol–water partition coefficient (Wildman–Crippen LogP) is 0.496. The van der Waals surface area contributed by atoms with Crippen LogP contribution in [0.3, 0.4) is 0 Å². The first kappa shape index (κ1) is 13.5. The third kappa shape index (κ3) is 2.93. The molecule has 19 heavy (non-hydrogen) atoms. The lowest BCUT2D eigenvalue weighted by Crippen LogP contribution is -2.60. The van der Waals surface area contributed by atoms with Gasteiger partial charge in [-0.05, 0) is 31.5 Å². The van der Waals surface area contributed by atoms with Gasteiger partial charge in [0.15, 0.2) is 0 Å². The second kappa shape index (κ2) is 5.01. The molecule has 0 saturated carbocycles. The van der Waals surface area contributed by atoms with E-state index in [1.807, 2.05) is 19.9 Å². The van der Waals surface area contributed by atoms with Gasteiger partial charge in [0.2, 0.25) is 11.8 Å². The molecule has 102 valence electrons. The zero-order valence-electron chi connectivity index (χ0n) is 11.3. The first-order valence-electron chi connectivity index (χ1n) is 6.33. The first-order valence-corrected chi connectivity index (χ1v) is 6.33. The molecular formula is C14H19N3O2. The van der Waals surface area contributed by atoms with E-state index in [4.69, 9.17) is 5.73 Å². The number of rotatable bonds is 3. The molecule has 1 aromatic rings. The molecule has 0 bridgehead atoms. The zero-order valence-corrected chi connectivity index (χ0v) is 11.3. The molecule has 2 rings (SSSR count). The summed E-state index contributed by atoms with van der Waals surface area (Å²) < 4.78 is 0. The number of nitrogens with zero attached hydrogens (tertiary/aromatic N) is 1. The van der Waals surface area contributed by atoms with Crippen LogP contribution in [-0.2, 0) is 11.3 Å². The lowest BCUT2D eigenvalue weighted by atomic mass is 10.00. The molecule has 0 aromatic heterocycles.